The van der Waals surface area contributed by atoms with E-state index in [0.717, 1.165) is 12.1 Å². The van der Waals surface area contributed by atoms with Gasteiger partial charge in [0.2, 0.25) is 0 Å². The number of hydrogen-bond donors (Lipinski definition) is 1. The number of rotatable bonds is 1. The molecule has 0 saturated carbocycles. The molecule has 0 amide bonds. The Balaban J connectivity index is 2.94. The van der Waals surface area contributed by atoms with Crippen LogP contribution in [0.3, 0.4) is 0 Å². The number of aromatic nitrogens is 2. The minimum Gasteiger partial charge on any atom is -0.332 e. The molecule has 0 bridgehead atoms. The van der Waals surface area contributed by atoms with Gasteiger partial charge in [0.05, 0.1) is 5.52 Å². The van der Waals surface area contributed by atoms with Crippen LogP contribution in [-0.2, 0) is 9.05 Å². The second-order valence-corrected chi connectivity index (χ2v) is 6.05. The molecule has 0 fully saturated rings. The summed E-state index contributed by atoms with van der Waals surface area (Å²) >= 11 is 3.02. The fourth-order valence-electron chi connectivity index (χ4n) is 1.21. The molecule has 80 valence electrons. The van der Waals surface area contributed by atoms with Gasteiger partial charge in [-0.25, -0.2) is 17.8 Å². The molecule has 1 aromatic heterocycles. The van der Waals surface area contributed by atoms with Gasteiger partial charge in [0, 0.05) is 10.7 Å². The highest BCUT2D eigenvalue weighted by atomic mass is 79.9. The third-order valence-corrected chi connectivity index (χ3v) is 3.46. The van der Waals surface area contributed by atoms with Crippen LogP contribution in [0.15, 0.2) is 21.8 Å². The van der Waals surface area contributed by atoms with Crippen LogP contribution in [-0.4, -0.2) is 18.4 Å². The van der Waals surface area contributed by atoms with Gasteiger partial charge in [0.25, 0.3) is 9.05 Å². The van der Waals surface area contributed by atoms with E-state index in [4.69, 9.17) is 10.7 Å². The SMILES string of the molecule is O=S(=O)(Cl)c1cc(F)cc2[nH]c(Br)nc12. The Labute approximate surface area is 97.0 Å². The third-order valence-electron chi connectivity index (χ3n) is 1.75. The molecule has 0 radical (unpaired) electrons. The third kappa shape index (κ3) is 1.99. The van der Waals surface area contributed by atoms with Crippen LogP contribution in [0.2, 0.25) is 0 Å². The first-order valence-corrected chi connectivity index (χ1v) is 6.77. The normalized spacial score (nSPS) is 12.2. The zero-order chi connectivity index (χ0) is 11.2. The van der Waals surface area contributed by atoms with Crippen LogP contribution < -0.4 is 0 Å². The lowest BCUT2D eigenvalue weighted by Gasteiger charge is -1.97. The second kappa shape index (κ2) is 3.43. The Morgan fingerprint density at radius 3 is 2.73 bits per heavy atom. The Morgan fingerprint density at radius 1 is 1.47 bits per heavy atom. The van der Waals surface area contributed by atoms with E-state index < -0.39 is 14.9 Å². The second-order valence-electron chi connectivity index (χ2n) is 2.77. The van der Waals surface area contributed by atoms with Gasteiger partial charge in [-0.05, 0) is 28.1 Å². The van der Waals surface area contributed by atoms with Gasteiger partial charge in [-0.3, -0.25) is 0 Å². The molecule has 0 atom stereocenters. The lowest BCUT2D eigenvalue weighted by Crippen LogP contribution is -1.93. The molecule has 8 heteroatoms. The number of fused-ring (bicyclic) bond motifs is 1. The number of nitrogens with one attached hydrogen (secondary N) is 1. The maximum Gasteiger partial charge on any atom is 0.263 e. The standard InChI is InChI=1S/C7H3BrClFN2O2S/c8-7-11-4-1-3(10)2-5(6(4)12-7)15(9,13)14/h1-2H,(H,11,12). The Hall–Kier alpha value is -0.660. The van der Waals surface area contributed by atoms with Crippen molar-refractivity contribution in [2.45, 2.75) is 4.90 Å². The Kier molecular flexibility index (Phi) is 2.48. The summed E-state index contributed by atoms with van der Waals surface area (Å²) in [5.41, 5.74) is 0.374. The molecule has 1 N–H and O–H groups in total. The van der Waals surface area contributed by atoms with E-state index in [9.17, 15) is 12.8 Å². The average molecular weight is 314 g/mol. The van der Waals surface area contributed by atoms with Crippen molar-refractivity contribution in [3.63, 3.8) is 0 Å². The predicted molar refractivity (Wildman–Crippen MR) is 56.8 cm³/mol. The van der Waals surface area contributed by atoms with Gasteiger partial charge in [0.15, 0.2) is 4.73 Å². The topological polar surface area (TPSA) is 62.8 Å². The minimum atomic E-state index is -4.01. The monoisotopic (exact) mass is 312 g/mol. The molecular formula is C7H3BrClFN2O2S. The number of aromatic amines is 1. The lowest BCUT2D eigenvalue weighted by atomic mass is 10.3. The molecule has 0 aliphatic rings. The van der Waals surface area contributed by atoms with Crippen molar-refractivity contribution in [1.29, 1.82) is 0 Å². The smallest absolute Gasteiger partial charge is 0.263 e. The molecule has 2 rings (SSSR count). The molecule has 0 spiro atoms. The molecule has 0 aliphatic carbocycles. The lowest BCUT2D eigenvalue weighted by molar-refractivity contribution is 0.604. The minimum absolute atomic E-state index is 0.110. The highest BCUT2D eigenvalue weighted by Gasteiger charge is 2.18. The molecule has 0 aliphatic heterocycles. The highest BCUT2D eigenvalue weighted by molar-refractivity contribution is 9.10. The van der Waals surface area contributed by atoms with Crippen molar-refractivity contribution in [2.75, 3.05) is 0 Å². The van der Waals surface area contributed by atoms with Crippen molar-refractivity contribution in [1.82, 2.24) is 9.97 Å². The van der Waals surface area contributed by atoms with Gasteiger partial charge < -0.3 is 4.98 Å². The van der Waals surface area contributed by atoms with Crippen LogP contribution in [0.5, 0.6) is 0 Å². The molecule has 2 aromatic rings. The summed E-state index contributed by atoms with van der Waals surface area (Å²) in [6, 6.07) is 1.97. The number of benzene rings is 1. The molecule has 1 aromatic carbocycles. The maximum atomic E-state index is 13.1. The molecule has 15 heavy (non-hydrogen) atoms. The first kappa shape index (κ1) is 10.8. The first-order chi connectivity index (χ1) is 6.88. The van der Waals surface area contributed by atoms with Gasteiger partial charge in [-0.15, -0.1) is 0 Å². The van der Waals surface area contributed by atoms with E-state index in [1.54, 1.807) is 0 Å². The van der Waals surface area contributed by atoms with E-state index in [0.29, 0.717) is 4.73 Å². The van der Waals surface area contributed by atoms with Crippen molar-refractivity contribution >= 4 is 46.7 Å². The molecule has 1 heterocycles. The summed E-state index contributed by atoms with van der Waals surface area (Å²) in [5, 5.41) is 0. The summed E-state index contributed by atoms with van der Waals surface area (Å²) in [6.07, 6.45) is 0. The highest BCUT2D eigenvalue weighted by Crippen LogP contribution is 2.26. The number of halogens is 3. The molecule has 0 unspecified atom stereocenters. The van der Waals surface area contributed by atoms with Crippen LogP contribution in [0, 0.1) is 5.82 Å². The van der Waals surface area contributed by atoms with Crippen LogP contribution in [0.4, 0.5) is 4.39 Å². The van der Waals surface area contributed by atoms with Gasteiger partial charge in [0.1, 0.15) is 16.2 Å². The van der Waals surface area contributed by atoms with Gasteiger partial charge in [-0.1, -0.05) is 0 Å². The largest absolute Gasteiger partial charge is 0.332 e. The van der Waals surface area contributed by atoms with E-state index in [-0.39, 0.29) is 15.9 Å². The fourth-order valence-corrected chi connectivity index (χ4v) is 2.59. The number of imidazole rings is 1. The predicted octanol–water partition coefficient (Wildman–Crippen LogP) is 2.39. The first-order valence-electron chi connectivity index (χ1n) is 3.67. The summed E-state index contributed by atoms with van der Waals surface area (Å²) in [6.45, 7) is 0. The van der Waals surface area contributed by atoms with Crippen LogP contribution >= 0.6 is 26.6 Å². The van der Waals surface area contributed by atoms with Crippen LogP contribution in [0.1, 0.15) is 0 Å². The van der Waals surface area contributed by atoms with Crippen molar-refractivity contribution in [3.8, 4) is 0 Å². The number of H-pyrrole nitrogens is 1. The summed E-state index contributed by atoms with van der Waals surface area (Å²) in [7, 11) is 1.15. The zero-order valence-corrected chi connectivity index (χ0v) is 10.1. The van der Waals surface area contributed by atoms with Crippen molar-refractivity contribution in [3.05, 3.63) is 22.7 Å². The van der Waals surface area contributed by atoms with E-state index in [1.165, 1.54) is 0 Å². The average Bonchev–Trinajstić information content (AvgIpc) is 2.41. The van der Waals surface area contributed by atoms with Gasteiger partial charge in [-0.2, -0.15) is 0 Å². The summed E-state index contributed by atoms with van der Waals surface area (Å²) < 4.78 is 35.6. The Bertz CT molecular complexity index is 640. The number of hydrogen-bond acceptors (Lipinski definition) is 3. The quantitative estimate of drug-likeness (QED) is 0.822. The van der Waals surface area contributed by atoms with Crippen molar-refractivity contribution < 1.29 is 12.8 Å². The summed E-state index contributed by atoms with van der Waals surface area (Å²) in [5.74, 6) is -0.696. The van der Waals surface area contributed by atoms with Gasteiger partial charge >= 0.3 is 0 Å². The molecular weight excluding hydrogens is 311 g/mol. The van der Waals surface area contributed by atoms with Crippen molar-refractivity contribution in [2.24, 2.45) is 0 Å². The molecule has 4 nitrogen and oxygen atoms in total. The maximum absolute atomic E-state index is 13.1. The zero-order valence-electron chi connectivity index (χ0n) is 6.96. The Morgan fingerprint density at radius 2 is 2.13 bits per heavy atom. The van der Waals surface area contributed by atoms with E-state index in [1.807, 2.05) is 0 Å². The summed E-state index contributed by atoms with van der Waals surface area (Å²) in [4.78, 5) is 6.16. The molecule has 0 saturated heterocycles. The fraction of sp³-hybridized carbons (Fsp3) is 0. The van der Waals surface area contributed by atoms with E-state index >= 15 is 0 Å². The number of nitrogens with zero attached hydrogens (tertiary/aromatic N) is 1. The van der Waals surface area contributed by atoms with E-state index in [2.05, 4.69) is 25.9 Å². The van der Waals surface area contributed by atoms with Crippen LogP contribution in [0.25, 0.3) is 11.0 Å².